The summed E-state index contributed by atoms with van der Waals surface area (Å²) in [5, 5.41) is 3.38. The van der Waals surface area contributed by atoms with Crippen molar-refractivity contribution in [3.63, 3.8) is 0 Å². The second-order valence-corrected chi connectivity index (χ2v) is 5.38. The lowest BCUT2D eigenvalue weighted by Gasteiger charge is -2.40. The van der Waals surface area contributed by atoms with Crippen molar-refractivity contribution in [3.8, 4) is 0 Å². The zero-order chi connectivity index (χ0) is 13.1. The highest BCUT2D eigenvalue weighted by Crippen LogP contribution is 2.26. The Morgan fingerprint density at radius 3 is 2.56 bits per heavy atom. The van der Waals surface area contributed by atoms with Crippen LogP contribution in [0.25, 0.3) is 0 Å². The highest BCUT2D eigenvalue weighted by Gasteiger charge is 2.27. The maximum Gasteiger partial charge on any atom is 0.123 e. The van der Waals surface area contributed by atoms with Crippen LogP contribution >= 0.6 is 0 Å². The van der Waals surface area contributed by atoms with Crippen LogP contribution in [0.1, 0.15) is 31.9 Å². The molecule has 1 N–H and O–H groups in total. The fourth-order valence-electron chi connectivity index (χ4n) is 2.91. The van der Waals surface area contributed by atoms with E-state index in [9.17, 15) is 4.39 Å². The van der Waals surface area contributed by atoms with Gasteiger partial charge in [0.25, 0.3) is 0 Å². The summed E-state index contributed by atoms with van der Waals surface area (Å²) in [6.07, 6.45) is 1.18. The average molecular weight is 250 g/mol. The predicted molar refractivity (Wildman–Crippen MR) is 73.0 cm³/mol. The number of likely N-dealkylation sites (tertiary alicyclic amines) is 1. The molecule has 1 fully saturated rings. The van der Waals surface area contributed by atoms with Crippen LogP contribution in [0, 0.1) is 11.7 Å². The van der Waals surface area contributed by atoms with Crippen molar-refractivity contribution in [2.45, 2.75) is 32.4 Å². The molecule has 1 aliphatic heterocycles. The van der Waals surface area contributed by atoms with Gasteiger partial charge in [-0.05, 0) is 44.0 Å². The van der Waals surface area contributed by atoms with Crippen LogP contribution in [0.4, 0.5) is 4.39 Å². The number of benzene rings is 1. The molecule has 100 valence electrons. The molecule has 0 bridgehead atoms. The molecule has 1 heterocycles. The molecule has 1 saturated heterocycles. The minimum atomic E-state index is -0.159. The summed E-state index contributed by atoms with van der Waals surface area (Å²) in [4.78, 5) is 2.49. The molecule has 0 aromatic heterocycles. The normalized spacial score (nSPS) is 27.1. The van der Waals surface area contributed by atoms with Crippen LogP contribution in [0.5, 0.6) is 0 Å². The number of halogens is 1. The summed E-state index contributed by atoms with van der Waals surface area (Å²) in [5.74, 6) is 0.500. The van der Waals surface area contributed by atoms with Crippen molar-refractivity contribution in [1.29, 1.82) is 0 Å². The lowest BCUT2D eigenvalue weighted by Crippen LogP contribution is -2.47. The lowest BCUT2D eigenvalue weighted by atomic mass is 9.92. The Kier molecular flexibility index (Phi) is 4.36. The van der Waals surface area contributed by atoms with E-state index in [0.29, 0.717) is 18.0 Å². The molecule has 1 aromatic rings. The van der Waals surface area contributed by atoms with E-state index in [4.69, 9.17) is 0 Å². The lowest BCUT2D eigenvalue weighted by molar-refractivity contribution is 0.114. The Bertz CT molecular complexity index is 377. The van der Waals surface area contributed by atoms with Gasteiger partial charge in [0.1, 0.15) is 5.82 Å². The number of piperidine rings is 1. The number of hydrogen-bond donors (Lipinski definition) is 1. The first-order valence-corrected chi connectivity index (χ1v) is 6.78. The van der Waals surface area contributed by atoms with E-state index < -0.39 is 0 Å². The van der Waals surface area contributed by atoms with Crippen molar-refractivity contribution in [3.05, 3.63) is 35.6 Å². The highest BCUT2D eigenvalue weighted by molar-refractivity contribution is 5.19. The summed E-state index contributed by atoms with van der Waals surface area (Å²) < 4.78 is 12.9. The first-order chi connectivity index (χ1) is 8.61. The molecule has 1 aliphatic rings. The van der Waals surface area contributed by atoms with Gasteiger partial charge in [-0.25, -0.2) is 4.39 Å². The van der Waals surface area contributed by atoms with Gasteiger partial charge < -0.3 is 5.32 Å². The van der Waals surface area contributed by atoms with Crippen molar-refractivity contribution in [2.24, 2.45) is 5.92 Å². The SMILES string of the molecule is CNC1CCN(C(C)c2ccc(F)cc2)CC1C. The molecule has 0 saturated carbocycles. The molecular formula is C15H23FN2. The van der Waals surface area contributed by atoms with E-state index in [1.165, 1.54) is 12.0 Å². The van der Waals surface area contributed by atoms with Gasteiger partial charge in [-0.3, -0.25) is 4.90 Å². The number of nitrogens with one attached hydrogen (secondary N) is 1. The first kappa shape index (κ1) is 13.5. The zero-order valence-electron chi connectivity index (χ0n) is 11.5. The molecule has 3 unspecified atom stereocenters. The molecule has 3 atom stereocenters. The zero-order valence-corrected chi connectivity index (χ0v) is 11.5. The Balaban J connectivity index is 2.02. The second kappa shape index (κ2) is 5.81. The van der Waals surface area contributed by atoms with Crippen molar-refractivity contribution < 1.29 is 4.39 Å². The van der Waals surface area contributed by atoms with Gasteiger partial charge >= 0.3 is 0 Å². The smallest absolute Gasteiger partial charge is 0.123 e. The van der Waals surface area contributed by atoms with E-state index in [-0.39, 0.29) is 5.82 Å². The Labute approximate surface area is 109 Å². The largest absolute Gasteiger partial charge is 0.317 e. The number of hydrogen-bond acceptors (Lipinski definition) is 2. The highest BCUT2D eigenvalue weighted by atomic mass is 19.1. The van der Waals surface area contributed by atoms with Crippen molar-refractivity contribution in [1.82, 2.24) is 10.2 Å². The third-order valence-corrected chi connectivity index (χ3v) is 4.21. The summed E-state index contributed by atoms with van der Waals surface area (Å²) >= 11 is 0. The monoisotopic (exact) mass is 250 g/mol. The van der Waals surface area contributed by atoms with Crippen LogP contribution in [-0.2, 0) is 0 Å². The van der Waals surface area contributed by atoms with Gasteiger partial charge in [-0.1, -0.05) is 19.1 Å². The first-order valence-electron chi connectivity index (χ1n) is 6.78. The second-order valence-electron chi connectivity index (χ2n) is 5.38. The Morgan fingerprint density at radius 1 is 1.33 bits per heavy atom. The Hall–Kier alpha value is -0.930. The fourth-order valence-corrected chi connectivity index (χ4v) is 2.91. The summed E-state index contributed by atoms with van der Waals surface area (Å²) in [6, 6.07) is 7.89. The minimum absolute atomic E-state index is 0.159. The molecule has 2 nitrogen and oxygen atoms in total. The van der Waals surface area contributed by atoms with E-state index >= 15 is 0 Å². The minimum Gasteiger partial charge on any atom is -0.317 e. The molecule has 0 radical (unpaired) electrons. The van der Waals surface area contributed by atoms with E-state index in [1.807, 2.05) is 19.2 Å². The molecule has 2 rings (SSSR count). The molecule has 3 heteroatoms. The van der Waals surface area contributed by atoms with Crippen LogP contribution in [0.2, 0.25) is 0 Å². The molecular weight excluding hydrogens is 227 g/mol. The summed E-state index contributed by atoms with van der Waals surface area (Å²) in [5.41, 5.74) is 1.20. The Morgan fingerprint density at radius 2 is 2.00 bits per heavy atom. The third-order valence-electron chi connectivity index (χ3n) is 4.21. The van der Waals surface area contributed by atoms with E-state index in [0.717, 1.165) is 13.1 Å². The van der Waals surface area contributed by atoms with Crippen LogP contribution in [0.3, 0.4) is 0 Å². The van der Waals surface area contributed by atoms with Gasteiger partial charge in [-0.15, -0.1) is 0 Å². The van der Waals surface area contributed by atoms with Crippen molar-refractivity contribution in [2.75, 3.05) is 20.1 Å². The van der Waals surface area contributed by atoms with Gasteiger partial charge in [0, 0.05) is 25.2 Å². The predicted octanol–water partition coefficient (Wildman–Crippen LogP) is 2.82. The standard InChI is InChI=1S/C15H23FN2/c1-11-10-18(9-8-15(11)17-3)12(2)13-4-6-14(16)7-5-13/h4-7,11-12,15,17H,8-10H2,1-3H3. The number of nitrogens with zero attached hydrogens (tertiary/aromatic N) is 1. The average Bonchev–Trinajstić information content (AvgIpc) is 2.38. The van der Waals surface area contributed by atoms with E-state index in [1.54, 1.807) is 12.1 Å². The van der Waals surface area contributed by atoms with Crippen molar-refractivity contribution >= 4 is 0 Å². The maximum atomic E-state index is 12.9. The van der Waals surface area contributed by atoms with Crippen LogP contribution in [0.15, 0.2) is 24.3 Å². The summed E-state index contributed by atoms with van der Waals surface area (Å²) in [7, 11) is 2.04. The molecule has 1 aromatic carbocycles. The van der Waals surface area contributed by atoms with Gasteiger partial charge in [0.05, 0.1) is 0 Å². The van der Waals surface area contributed by atoms with Gasteiger partial charge in [0.2, 0.25) is 0 Å². The van der Waals surface area contributed by atoms with Crippen LogP contribution in [-0.4, -0.2) is 31.1 Å². The number of rotatable bonds is 3. The molecule has 0 amide bonds. The topological polar surface area (TPSA) is 15.3 Å². The van der Waals surface area contributed by atoms with E-state index in [2.05, 4.69) is 24.1 Å². The quantitative estimate of drug-likeness (QED) is 0.887. The fraction of sp³-hybridized carbons (Fsp3) is 0.600. The van der Waals surface area contributed by atoms with Gasteiger partial charge in [-0.2, -0.15) is 0 Å². The molecule has 0 aliphatic carbocycles. The van der Waals surface area contributed by atoms with Gasteiger partial charge in [0.15, 0.2) is 0 Å². The van der Waals surface area contributed by atoms with Crippen LogP contribution < -0.4 is 5.32 Å². The third kappa shape index (κ3) is 2.90. The summed E-state index contributed by atoms with van der Waals surface area (Å²) in [6.45, 7) is 6.71. The maximum absolute atomic E-state index is 12.9. The molecule has 0 spiro atoms. The molecule has 18 heavy (non-hydrogen) atoms.